The molecule has 1 amide bonds. The summed E-state index contributed by atoms with van der Waals surface area (Å²) in [5.74, 6) is -0.853. The van der Waals surface area contributed by atoms with Gasteiger partial charge in [0.1, 0.15) is 5.60 Å². The zero-order chi connectivity index (χ0) is 16.5. The van der Waals surface area contributed by atoms with Crippen LogP contribution in [0.4, 0.5) is 4.79 Å². The molecule has 0 saturated carbocycles. The van der Waals surface area contributed by atoms with E-state index in [0.29, 0.717) is 25.2 Å². The molecule has 0 aromatic carbocycles. The van der Waals surface area contributed by atoms with E-state index in [1.165, 1.54) is 7.11 Å². The fourth-order valence-electron chi connectivity index (χ4n) is 2.89. The van der Waals surface area contributed by atoms with Gasteiger partial charge in [0.15, 0.2) is 0 Å². The molecule has 2 rings (SSSR count). The van der Waals surface area contributed by atoms with E-state index in [4.69, 9.17) is 15.2 Å². The molecule has 0 bridgehead atoms. The van der Waals surface area contributed by atoms with Crippen molar-refractivity contribution in [1.29, 1.82) is 0 Å². The smallest absolute Gasteiger partial charge is 0.410 e. The zero-order valence-corrected chi connectivity index (χ0v) is 13.6. The second-order valence-electron chi connectivity index (χ2n) is 6.67. The molecule has 0 aromatic rings. The summed E-state index contributed by atoms with van der Waals surface area (Å²) in [5.41, 5.74) is 7.20. The summed E-state index contributed by atoms with van der Waals surface area (Å²) in [5, 5.41) is 0. The van der Waals surface area contributed by atoms with Gasteiger partial charge < -0.3 is 20.1 Å². The molecule has 6 nitrogen and oxygen atoms in total. The molecular weight excluding hydrogens is 284 g/mol. The molecule has 2 atom stereocenters. The van der Waals surface area contributed by atoms with E-state index in [9.17, 15) is 9.59 Å². The van der Waals surface area contributed by atoms with Crippen molar-refractivity contribution >= 4 is 12.1 Å². The van der Waals surface area contributed by atoms with Gasteiger partial charge in [-0.15, -0.1) is 0 Å². The Kier molecular flexibility index (Phi) is 4.49. The van der Waals surface area contributed by atoms with Crippen molar-refractivity contribution in [3.8, 4) is 0 Å². The monoisotopic (exact) mass is 308 g/mol. The summed E-state index contributed by atoms with van der Waals surface area (Å²) >= 11 is 0. The Morgan fingerprint density at radius 1 is 1.36 bits per heavy atom. The second-order valence-corrected chi connectivity index (χ2v) is 6.67. The van der Waals surface area contributed by atoms with Gasteiger partial charge in [-0.2, -0.15) is 0 Å². The standard InChI is InChI=1S/C16H24N2O4/c1-16(2,3)22-15(20)18-8-7-10-12(9-18)11(14(19)21-4)5-6-13(10)17/h5-6,11-12H,7-9,17H2,1-4H3. The zero-order valence-electron chi connectivity index (χ0n) is 13.6. The third-order valence-corrected chi connectivity index (χ3v) is 3.93. The number of piperidine rings is 1. The number of carbonyl (C=O) groups excluding carboxylic acids is 2. The van der Waals surface area contributed by atoms with Gasteiger partial charge in [0.05, 0.1) is 13.0 Å². The highest BCUT2D eigenvalue weighted by Gasteiger charge is 2.39. The van der Waals surface area contributed by atoms with E-state index in [1.54, 1.807) is 17.1 Å². The molecular formula is C16H24N2O4. The SMILES string of the molecule is COC(=O)C1C=CC(N)=C2CCN(C(=O)OC(C)(C)C)CC21. The Labute approximate surface area is 130 Å². The minimum absolute atomic E-state index is 0.140. The molecule has 1 saturated heterocycles. The van der Waals surface area contributed by atoms with Crippen molar-refractivity contribution in [2.75, 3.05) is 20.2 Å². The Morgan fingerprint density at radius 2 is 2.05 bits per heavy atom. The number of carbonyl (C=O) groups is 2. The van der Waals surface area contributed by atoms with Crippen LogP contribution in [-0.2, 0) is 14.3 Å². The highest BCUT2D eigenvalue weighted by atomic mass is 16.6. The number of allylic oxidation sites excluding steroid dienone is 1. The number of hydrogen-bond donors (Lipinski definition) is 1. The molecule has 1 aliphatic carbocycles. The number of nitrogens with two attached hydrogens (primary N) is 1. The van der Waals surface area contributed by atoms with Gasteiger partial charge >= 0.3 is 12.1 Å². The highest BCUT2D eigenvalue weighted by molar-refractivity contribution is 5.76. The first-order chi connectivity index (χ1) is 10.2. The number of amides is 1. The lowest BCUT2D eigenvalue weighted by Gasteiger charge is -2.39. The van der Waals surface area contributed by atoms with E-state index < -0.39 is 11.5 Å². The molecule has 2 unspecified atom stereocenters. The normalized spacial score (nSPS) is 24.8. The molecule has 122 valence electrons. The van der Waals surface area contributed by atoms with Gasteiger partial charge in [-0.1, -0.05) is 6.08 Å². The van der Waals surface area contributed by atoms with Gasteiger partial charge in [0.25, 0.3) is 0 Å². The van der Waals surface area contributed by atoms with Crippen molar-refractivity contribution in [3.63, 3.8) is 0 Å². The lowest BCUT2D eigenvalue weighted by atomic mass is 9.77. The van der Waals surface area contributed by atoms with E-state index in [2.05, 4.69) is 0 Å². The number of hydrogen-bond acceptors (Lipinski definition) is 5. The van der Waals surface area contributed by atoms with Crippen LogP contribution in [-0.4, -0.2) is 42.8 Å². The van der Waals surface area contributed by atoms with Crippen LogP contribution in [0.2, 0.25) is 0 Å². The van der Waals surface area contributed by atoms with E-state index in [1.807, 2.05) is 20.8 Å². The quantitative estimate of drug-likeness (QED) is 0.747. The van der Waals surface area contributed by atoms with Crippen LogP contribution in [0.25, 0.3) is 0 Å². The number of ether oxygens (including phenoxy) is 2. The number of rotatable bonds is 1. The highest BCUT2D eigenvalue weighted by Crippen LogP contribution is 2.35. The molecule has 2 aliphatic rings. The maximum Gasteiger partial charge on any atom is 0.410 e. The Morgan fingerprint density at radius 3 is 2.64 bits per heavy atom. The molecule has 1 fully saturated rings. The minimum Gasteiger partial charge on any atom is -0.469 e. The number of esters is 1. The maximum absolute atomic E-state index is 12.2. The third-order valence-electron chi connectivity index (χ3n) is 3.93. The topological polar surface area (TPSA) is 81.9 Å². The largest absolute Gasteiger partial charge is 0.469 e. The van der Waals surface area contributed by atoms with Crippen molar-refractivity contribution in [2.24, 2.45) is 17.6 Å². The van der Waals surface area contributed by atoms with Gasteiger partial charge in [-0.25, -0.2) is 4.79 Å². The predicted octanol–water partition coefficient (Wildman–Crippen LogP) is 1.82. The lowest BCUT2D eigenvalue weighted by Crippen LogP contribution is -2.47. The molecule has 1 heterocycles. The Balaban J connectivity index is 2.16. The Bertz CT molecular complexity index is 531. The van der Waals surface area contributed by atoms with Gasteiger partial charge in [-0.3, -0.25) is 4.79 Å². The summed E-state index contributed by atoms with van der Waals surface area (Å²) in [4.78, 5) is 25.8. The molecule has 0 aromatic heterocycles. The summed E-state index contributed by atoms with van der Waals surface area (Å²) in [7, 11) is 1.37. The van der Waals surface area contributed by atoms with Gasteiger partial charge in [0, 0.05) is 24.7 Å². The average molecular weight is 308 g/mol. The molecule has 6 heteroatoms. The minimum atomic E-state index is -0.541. The molecule has 2 N–H and O–H groups in total. The van der Waals surface area contributed by atoms with E-state index >= 15 is 0 Å². The summed E-state index contributed by atoms with van der Waals surface area (Å²) in [6, 6.07) is 0. The van der Waals surface area contributed by atoms with Crippen LogP contribution in [0, 0.1) is 11.8 Å². The maximum atomic E-state index is 12.2. The van der Waals surface area contributed by atoms with Gasteiger partial charge in [0.2, 0.25) is 0 Å². The Hall–Kier alpha value is -1.98. The number of likely N-dealkylation sites (tertiary alicyclic amines) is 1. The van der Waals surface area contributed by atoms with Crippen LogP contribution >= 0.6 is 0 Å². The van der Waals surface area contributed by atoms with Crippen molar-refractivity contribution < 1.29 is 19.1 Å². The number of fused-ring (bicyclic) bond motifs is 1. The third kappa shape index (κ3) is 3.43. The second kappa shape index (κ2) is 6.02. The molecule has 1 aliphatic heterocycles. The van der Waals surface area contributed by atoms with Gasteiger partial charge in [-0.05, 0) is 38.8 Å². The summed E-state index contributed by atoms with van der Waals surface area (Å²) in [6.45, 7) is 6.45. The summed E-state index contributed by atoms with van der Waals surface area (Å²) < 4.78 is 10.3. The van der Waals surface area contributed by atoms with Crippen LogP contribution in [0.1, 0.15) is 27.2 Å². The van der Waals surface area contributed by atoms with Crippen molar-refractivity contribution in [1.82, 2.24) is 4.90 Å². The van der Waals surface area contributed by atoms with Crippen LogP contribution in [0.15, 0.2) is 23.4 Å². The summed E-state index contributed by atoms with van der Waals surface area (Å²) in [6.07, 6.45) is 3.81. The van der Waals surface area contributed by atoms with Crippen molar-refractivity contribution in [2.45, 2.75) is 32.8 Å². The predicted molar refractivity (Wildman–Crippen MR) is 81.8 cm³/mol. The van der Waals surface area contributed by atoms with E-state index in [-0.39, 0.29) is 18.0 Å². The first-order valence-corrected chi connectivity index (χ1v) is 7.45. The average Bonchev–Trinajstić information content (AvgIpc) is 2.44. The molecule has 0 spiro atoms. The van der Waals surface area contributed by atoms with Crippen LogP contribution < -0.4 is 5.73 Å². The fourth-order valence-corrected chi connectivity index (χ4v) is 2.89. The van der Waals surface area contributed by atoms with Crippen LogP contribution in [0.5, 0.6) is 0 Å². The number of methoxy groups -OCH3 is 1. The molecule has 0 radical (unpaired) electrons. The molecule has 22 heavy (non-hydrogen) atoms. The first-order valence-electron chi connectivity index (χ1n) is 7.45. The lowest BCUT2D eigenvalue weighted by molar-refractivity contribution is -0.145. The van der Waals surface area contributed by atoms with E-state index in [0.717, 1.165) is 5.57 Å². The van der Waals surface area contributed by atoms with Crippen LogP contribution in [0.3, 0.4) is 0 Å². The fraction of sp³-hybridized carbons (Fsp3) is 0.625. The number of nitrogens with zero attached hydrogens (tertiary/aromatic N) is 1. The first kappa shape index (κ1) is 16.4. The van der Waals surface area contributed by atoms with Crippen molar-refractivity contribution in [3.05, 3.63) is 23.4 Å².